The molecule has 2 amide bonds. The fourth-order valence-electron chi connectivity index (χ4n) is 2.80. The number of carboxylic acid groups (broad SMARTS) is 1. The lowest BCUT2D eigenvalue weighted by atomic mass is 10.0. The summed E-state index contributed by atoms with van der Waals surface area (Å²) in [6.07, 6.45) is 1.93. The number of rotatable bonds is 3. The predicted molar refractivity (Wildman–Crippen MR) is 91.1 cm³/mol. The molecule has 1 aliphatic rings. The van der Waals surface area contributed by atoms with E-state index in [2.05, 4.69) is 10.3 Å². The number of carbonyl (C=O) groups is 2. The van der Waals surface area contributed by atoms with E-state index < -0.39 is 6.09 Å². The van der Waals surface area contributed by atoms with Gasteiger partial charge in [-0.15, -0.1) is 0 Å². The second-order valence-corrected chi connectivity index (χ2v) is 5.77. The van der Waals surface area contributed by atoms with Crippen LogP contribution in [0.5, 0.6) is 11.6 Å². The molecule has 0 spiro atoms. The third-order valence-electron chi connectivity index (χ3n) is 4.20. The Hall–Kier alpha value is -3.09. The molecule has 1 aliphatic heterocycles. The summed E-state index contributed by atoms with van der Waals surface area (Å²) in [5.41, 5.74) is 2.69. The lowest BCUT2D eigenvalue weighted by molar-refractivity contribution is 0.0962. The molecule has 25 heavy (non-hydrogen) atoms. The maximum Gasteiger partial charge on any atom is 0.407 e. The first-order chi connectivity index (χ1) is 12.1. The minimum atomic E-state index is -0.885. The predicted octanol–water partition coefficient (Wildman–Crippen LogP) is 2.31. The van der Waals surface area contributed by atoms with E-state index in [4.69, 9.17) is 9.84 Å². The van der Waals surface area contributed by atoms with Crippen molar-refractivity contribution in [3.63, 3.8) is 0 Å². The standard InChI is InChI=1S/C18H19N3O4/c1-19-17(22)14-3-5-16(20-11-14)25-15-4-2-12-6-8-21(18(23)24)9-7-13(12)10-15/h2-5,10-11H,6-9H2,1H3,(H,19,22)(H,23,24). The molecule has 1 aromatic carbocycles. The first-order valence-electron chi connectivity index (χ1n) is 8.02. The molecule has 7 nitrogen and oxygen atoms in total. The molecule has 0 atom stereocenters. The van der Waals surface area contributed by atoms with Crippen molar-refractivity contribution in [2.75, 3.05) is 20.1 Å². The minimum Gasteiger partial charge on any atom is -0.465 e. The number of hydrogen-bond acceptors (Lipinski definition) is 4. The summed E-state index contributed by atoms with van der Waals surface area (Å²) in [6.45, 7) is 0.982. The molecule has 1 aromatic heterocycles. The lowest BCUT2D eigenvalue weighted by Crippen LogP contribution is -2.31. The Kier molecular flexibility index (Phi) is 4.83. The number of hydrogen-bond donors (Lipinski definition) is 2. The summed E-state index contributed by atoms with van der Waals surface area (Å²) < 4.78 is 5.76. The number of nitrogens with one attached hydrogen (secondary N) is 1. The molecule has 0 radical (unpaired) electrons. The molecule has 0 unspecified atom stereocenters. The van der Waals surface area contributed by atoms with Crippen LogP contribution < -0.4 is 10.1 Å². The van der Waals surface area contributed by atoms with E-state index in [1.54, 1.807) is 19.2 Å². The maximum absolute atomic E-state index is 11.5. The quantitative estimate of drug-likeness (QED) is 0.894. The Labute approximate surface area is 145 Å². The highest BCUT2D eigenvalue weighted by Gasteiger charge is 2.18. The summed E-state index contributed by atoms with van der Waals surface area (Å²) in [7, 11) is 1.56. The first kappa shape index (κ1) is 16.8. The van der Waals surface area contributed by atoms with E-state index >= 15 is 0 Å². The molecule has 0 saturated heterocycles. The number of fused-ring (bicyclic) bond motifs is 1. The fourth-order valence-corrected chi connectivity index (χ4v) is 2.80. The van der Waals surface area contributed by atoms with Crippen LogP contribution in [0.4, 0.5) is 4.79 Å². The Morgan fingerprint density at radius 3 is 2.56 bits per heavy atom. The van der Waals surface area contributed by atoms with E-state index in [9.17, 15) is 9.59 Å². The van der Waals surface area contributed by atoms with Crippen LogP contribution in [-0.4, -0.2) is 47.1 Å². The zero-order valence-corrected chi connectivity index (χ0v) is 13.9. The number of pyridine rings is 1. The van der Waals surface area contributed by atoms with E-state index in [0.29, 0.717) is 43.1 Å². The third kappa shape index (κ3) is 3.88. The monoisotopic (exact) mass is 341 g/mol. The van der Waals surface area contributed by atoms with Crippen LogP contribution in [0, 0.1) is 0 Å². The van der Waals surface area contributed by atoms with Gasteiger partial charge in [-0.3, -0.25) is 4.79 Å². The summed E-state index contributed by atoms with van der Waals surface area (Å²) in [6, 6.07) is 9.03. The molecule has 0 fully saturated rings. The molecule has 2 heterocycles. The van der Waals surface area contributed by atoms with Gasteiger partial charge in [0.2, 0.25) is 5.88 Å². The number of amides is 2. The maximum atomic E-state index is 11.5. The zero-order chi connectivity index (χ0) is 17.8. The molecule has 0 bridgehead atoms. The second kappa shape index (κ2) is 7.21. The van der Waals surface area contributed by atoms with E-state index in [-0.39, 0.29) is 5.91 Å². The van der Waals surface area contributed by atoms with E-state index in [0.717, 1.165) is 11.1 Å². The lowest BCUT2D eigenvalue weighted by Gasteiger charge is -2.14. The van der Waals surface area contributed by atoms with Crippen molar-refractivity contribution in [1.29, 1.82) is 0 Å². The van der Waals surface area contributed by atoms with Gasteiger partial charge in [-0.05, 0) is 42.2 Å². The van der Waals surface area contributed by atoms with Crippen LogP contribution in [0.3, 0.4) is 0 Å². The van der Waals surface area contributed by atoms with Gasteiger partial charge in [0.05, 0.1) is 5.56 Å². The second-order valence-electron chi connectivity index (χ2n) is 5.77. The normalized spacial score (nSPS) is 13.6. The first-order valence-corrected chi connectivity index (χ1v) is 8.02. The number of ether oxygens (including phenoxy) is 1. The van der Waals surface area contributed by atoms with Gasteiger partial charge in [0.25, 0.3) is 5.91 Å². The van der Waals surface area contributed by atoms with Gasteiger partial charge in [-0.2, -0.15) is 0 Å². The molecule has 0 aliphatic carbocycles. The highest BCUT2D eigenvalue weighted by molar-refractivity contribution is 5.93. The zero-order valence-electron chi connectivity index (χ0n) is 13.9. The minimum absolute atomic E-state index is 0.202. The van der Waals surface area contributed by atoms with Gasteiger partial charge in [0.15, 0.2) is 0 Å². The van der Waals surface area contributed by atoms with Crippen LogP contribution in [0.25, 0.3) is 0 Å². The molecule has 2 aromatic rings. The van der Waals surface area contributed by atoms with Crippen LogP contribution >= 0.6 is 0 Å². The van der Waals surface area contributed by atoms with Gasteiger partial charge in [-0.1, -0.05) is 6.07 Å². The Morgan fingerprint density at radius 2 is 1.92 bits per heavy atom. The van der Waals surface area contributed by atoms with E-state index in [1.165, 1.54) is 11.1 Å². The SMILES string of the molecule is CNC(=O)c1ccc(Oc2ccc3c(c2)CCN(C(=O)O)CC3)nc1. The van der Waals surface area contributed by atoms with Crippen molar-refractivity contribution in [2.24, 2.45) is 0 Å². The fraction of sp³-hybridized carbons (Fsp3) is 0.278. The van der Waals surface area contributed by atoms with Gasteiger partial charge in [-0.25, -0.2) is 9.78 Å². The van der Waals surface area contributed by atoms with Gasteiger partial charge >= 0.3 is 6.09 Å². The van der Waals surface area contributed by atoms with Crippen LogP contribution in [0.15, 0.2) is 36.5 Å². The Bertz CT molecular complexity index is 789. The van der Waals surface area contributed by atoms with Crippen LogP contribution in [-0.2, 0) is 12.8 Å². The average molecular weight is 341 g/mol. The van der Waals surface area contributed by atoms with Crippen molar-refractivity contribution < 1.29 is 19.4 Å². The highest BCUT2D eigenvalue weighted by Crippen LogP contribution is 2.25. The molecule has 3 rings (SSSR count). The summed E-state index contributed by atoms with van der Waals surface area (Å²) in [4.78, 5) is 28.2. The summed E-state index contributed by atoms with van der Waals surface area (Å²) in [5.74, 6) is 0.836. The molecule has 130 valence electrons. The number of aromatic nitrogens is 1. The summed E-state index contributed by atoms with van der Waals surface area (Å²) in [5, 5.41) is 11.7. The van der Waals surface area contributed by atoms with Crippen molar-refractivity contribution >= 4 is 12.0 Å². The Morgan fingerprint density at radius 1 is 1.16 bits per heavy atom. The number of carbonyl (C=O) groups excluding carboxylic acids is 1. The molecule has 7 heteroatoms. The topological polar surface area (TPSA) is 91.8 Å². The molecule has 2 N–H and O–H groups in total. The number of nitrogens with zero attached hydrogens (tertiary/aromatic N) is 2. The van der Waals surface area contributed by atoms with Crippen molar-refractivity contribution in [3.05, 3.63) is 53.2 Å². The molecular weight excluding hydrogens is 322 g/mol. The van der Waals surface area contributed by atoms with Crippen molar-refractivity contribution in [1.82, 2.24) is 15.2 Å². The largest absolute Gasteiger partial charge is 0.465 e. The van der Waals surface area contributed by atoms with Gasteiger partial charge < -0.3 is 20.1 Å². The smallest absolute Gasteiger partial charge is 0.407 e. The van der Waals surface area contributed by atoms with Gasteiger partial charge in [0, 0.05) is 32.4 Å². The van der Waals surface area contributed by atoms with Crippen LogP contribution in [0.2, 0.25) is 0 Å². The van der Waals surface area contributed by atoms with E-state index in [1.807, 2.05) is 18.2 Å². The average Bonchev–Trinajstić information content (AvgIpc) is 2.84. The number of benzene rings is 1. The molecule has 0 saturated carbocycles. The third-order valence-corrected chi connectivity index (χ3v) is 4.20. The van der Waals surface area contributed by atoms with Gasteiger partial charge in [0.1, 0.15) is 5.75 Å². The highest BCUT2D eigenvalue weighted by atomic mass is 16.5. The summed E-state index contributed by atoms with van der Waals surface area (Å²) >= 11 is 0. The van der Waals surface area contributed by atoms with Crippen molar-refractivity contribution in [2.45, 2.75) is 12.8 Å². The molecular formula is C18H19N3O4. The Balaban J connectivity index is 1.73. The van der Waals surface area contributed by atoms with Crippen LogP contribution in [0.1, 0.15) is 21.5 Å². The van der Waals surface area contributed by atoms with Crippen molar-refractivity contribution in [3.8, 4) is 11.6 Å².